The van der Waals surface area contributed by atoms with Crippen molar-refractivity contribution in [3.05, 3.63) is 41.3 Å². The summed E-state index contributed by atoms with van der Waals surface area (Å²) in [6.45, 7) is 1.96. The van der Waals surface area contributed by atoms with Gasteiger partial charge in [-0.3, -0.25) is 4.79 Å². The van der Waals surface area contributed by atoms with E-state index in [9.17, 15) is 4.79 Å². The number of H-pyrrole nitrogens is 2. The van der Waals surface area contributed by atoms with E-state index in [0.29, 0.717) is 5.82 Å². The van der Waals surface area contributed by atoms with E-state index < -0.39 is 0 Å². The number of amides is 1. The van der Waals surface area contributed by atoms with Crippen LogP contribution in [0.25, 0.3) is 10.9 Å². The van der Waals surface area contributed by atoms with Gasteiger partial charge >= 0.3 is 0 Å². The monoisotopic (exact) mass is 283 g/mol. The van der Waals surface area contributed by atoms with Gasteiger partial charge in [0.2, 0.25) is 5.91 Å². The number of hydrogen-bond acceptors (Lipinski definition) is 5. The lowest BCUT2D eigenvalue weighted by molar-refractivity contribution is -0.120. The molecule has 3 aromatic rings. The van der Waals surface area contributed by atoms with E-state index >= 15 is 0 Å². The second-order valence-corrected chi connectivity index (χ2v) is 4.51. The first kappa shape index (κ1) is 13.0. The van der Waals surface area contributed by atoms with Crippen molar-refractivity contribution in [1.82, 2.24) is 31.0 Å². The summed E-state index contributed by atoms with van der Waals surface area (Å²) >= 11 is 0. The quantitative estimate of drug-likeness (QED) is 0.483. The molecule has 21 heavy (non-hydrogen) atoms. The highest BCUT2D eigenvalue weighted by atomic mass is 16.2. The average Bonchev–Trinajstić information content (AvgIpc) is 3.07. The molecule has 0 unspecified atom stereocenters. The molecule has 0 aliphatic heterocycles. The number of carbonyl (C=O) groups excluding carboxylic acids is 1. The van der Waals surface area contributed by atoms with E-state index in [1.165, 1.54) is 0 Å². The fraction of sp³-hybridized carbons (Fsp3) is 0.154. The number of aromatic nitrogens is 5. The molecule has 106 valence electrons. The van der Waals surface area contributed by atoms with Gasteiger partial charge in [-0.1, -0.05) is 23.4 Å². The number of para-hydroxylation sites is 1. The minimum Gasteiger partial charge on any atom is -0.358 e. The Kier molecular flexibility index (Phi) is 3.42. The van der Waals surface area contributed by atoms with Gasteiger partial charge in [0.1, 0.15) is 0 Å². The molecule has 0 aliphatic rings. The van der Waals surface area contributed by atoms with Gasteiger partial charge in [-0.2, -0.15) is 10.3 Å². The maximum Gasteiger partial charge on any atom is 0.247 e. The third-order valence-electron chi connectivity index (χ3n) is 3.03. The van der Waals surface area contributed by atoms with E-state index in [4.69, 9.17) is 0 Å². The Morgan fingerprint density at radius 3 is 3.10 bits per heavy atom. The smallest absolute Gasteiger partial charge is 0.247 e. The standard InChI is InChI=1S/C13H13N7O/c1-8-10(9-4-2-3-5-11(9)15-8)7-14-18-13(21)6-12-16-19-20-17-12/h2-5,7,15H,6H2,1H3,(H,18,21)(H,16,17,19,20)/b14-7-. The van der Waals surface area contributed by atoms with Crippen molar-refractivity contribution in [3.63, 3.8) is 0 Å². The molecule has 0 atom stereocenters. The molecule has 0 aliphatic carbocycles. The Balaban J connectivity index is 1.70. The maximum atomic E-state index is 11.6. The second-order valence-electron chi connectivity index (χ2n) is 4.51. The maximum absolute atomic E-state index is 11.6. The Hall–Kier alpha value is -3.03. The van der Waals surface area contributed by atoms with E-state index in [-0.39, 0.29) is 12.3 Å². The number of aromatic amines is 2. The number of aryl methyl sites for hydroxylation is 1. The molecule has 3 N–H and O–H groups in total. The molecule has 0 saturated heterocycles. The van der Waals surface area contributed by atoms with Gasteiger partial charge in [0, 0.05) is 22.2 Å². The molecular weight excluding hydrogens is 270 g/mol. The molecule has 1 amide bonds. The van der Waals surface area contributed by atoms with Gasteiger partial charge in [-0.05, 0) is 13.0 Å². The summed E-state index contributed by atoms with van der Waals surface area (Å²) < 4.78 is 0. The molecule has 2 heterocycles. The van der Waals surface area contributed by atoms with Crippen molar-refractivity contribution < 1.29 is 4.79 Å². The van der Waals surface area contributed by atoms with Gasteiger partial charge in [-0.25, -0.2) is 5.43 Å². The van der Waals surface area contributed by atoms with Crippen LogP contribution in [0.4, 0.5) is 0 Å². The van der Waals surface area contributed by atoms with Crippen molar-refractivity contribution in [2.75, 3.05) is 0 Å². The summed E-state index contributed by atoms with van der Waals surface area (Å²) in [4.78, 5) is 14.9. The van der Waals surface area contributed by atoms with Crippen LogP contribution in [0, 0.1) is 6.92 Å². The Labute approximate surface area is 119 Å². The summed E-state index contributed by atoms with van der Waals surface area (Å²) in [6.07, 6.45) is 1.66. The molecular formula is C13H13N7O. The third-order valence-corrected chi connectivity index (χ3v) is 3.03. The molecule has 0 spiro atoms. The van der Waals surface area contributed by atoms with Crippen LogP contribution in [0.3, 0.4) is 0 Å². The third kappa shape index (κ3) is 2.78. The number of hydrogen-bond donors (Lipinski definition) is 3. The van der Waals surface area contributed by atoms with Crippen molar-refractivity contribution in [3.8, 4) is 0 Å². The summed E-state index contributed by atoms with van der Waals surface area (Å²) in [5.74, 6) is 0.0242. The SMILES string of the molecule is Cc1[nH]c2ccccc2c1/C=N\NC(=O)Cc1nn[nH]n1. The zero-order valence-corrected chi connectivity index (χ0v) is 11.3. The minimum atomic E-state index is -0.301. The van der Waals surface area contributed by atoms with Crippen LogP contribution < -0.4 is 5.43 Å². The summed E-state index contributed by atoms with van der Waals surface area (Å²) in [7, 11) is 0. The zero-order chi connectivity index (χ0) is 14.7. The second kappa shape index (κ2) is 5.53. The van der Waals surface area contributed by atoms with Crippen LogP contribution in [0.1, 0.15) is 17.1 Å². The van der Waals surface area contributed by atoms with Crippen molar-refractivity contribution in [1.29, 1.82) is 0 Å². The fourth-order valence-electron chi connectivity index (χ4n) is 2.07. The summed E-state index contributed by atoms with van der Waals surface area (Å²) in [6, 6.07) is 7.92. The predicted molar refractivity (Wildman–Crippen MR) is 76.7 cm³/mol. The number of hydrazone groups is 1. The average molecular weight is 283 g/mol. The first-order valence-electron chi connectivity index (χ1n) is 6.35. The fourth-order valence-corrected chi connectivity index (χ4v) is 2.07. The summed E-state index contributed by atoms with van der Waals surface area (Å²) in [5.41, 5.74) is 5.43. The Bertz CT molecular complexity index is 788. The zero-order valence-electron chi connectivity index (χ0n) is 11.3. The van der Waals surface area contributed by atoms with Gasteiger partial charge in [0.15, 0.2) is 5.82 Å². The minimum absolute atomic E-state index is 0.0285. The highest BCUT2D eigenvalue weighted by molar-refractivity contribution is 6.00. The number of tetrazole rings is 1. The molecule has 0 saturated carbocycles. The topological polar surface area (TPSA) is 112 Å². The van der Waals surface area contributed by atoms with Crippen LogP contribution in [-0.2, 0) is 11.2 Å². The largest absolute Gasteiger partial charge is 0.358 e. The van der Waals surface area contributed by atoms with Crippen LogP contribution >= 0.6 is 0 Å². The number of fused-ring (bicyclic) bond motifs is 1. The number of rotatable bonds is 4. The van der Waals surface area contributed by atoms with Crippen molar-refractivity contribution in [2.45, 2.75) is 13.3 Å². The first-order chi connectivity index (χ1) is 10.2. The molecule has 2 aromatic heterocycles. The van der Waals surface area contributed by atoms with Crippen molar-refractivity contribution in [2.24, 2.45) is 5.10 Å². The van der Waals surface area contributed by atoms with E-state index in [1.54, 1.807) is 6.21 Å². The molecule has 3 rings (SSSR count). The van der Waals surface area contributed by atoms with Gasteiger partial charge in [-0.15, -0.1) is 10.2 Å². The number of carbonyl (C=O) groups is 1. The molecule has 0 fully saturated rings. The molecule has 1 aromatic carbocycles. The lowest BCUT2D eigenvalue weighted by Crippen LogP contribution is -2.20. The van der Waals surface area contributed by atoms with Crippen LogP contribution in [0.2, 0.25) is 0 Å². The molecule has 8 nitrogen and oxygen atoms in total. The lowest BCUT2D eigenvalue weighted by Gasteiger charge is -1.96. The molecule has 0 bridgehead atoms. The van der Waals surface area contributed by atoms with Gasteiger partial charge in [0.05, 0.1) is 12.6 Å². The van der Waals surface area contributed by atoms with Crippen LogP contribution in [0.15, 0.2) is 29.4 Å². The number of benzene rings is 1. The number of nitrogens with zero attached hydrogens (tertiary/aromatic N) is 4. The normalized spacial score (nSPS) is 11.3. The highest BCUT2D eigenvalue weighted by Gasteiger charge is 2.07. The van der Waals surface area contributed by atoms with Crippen molar-refractivity contribution >= 4 is 23.0 Å². The van der Waals surface area contributed by atoms with Gasteiger partial charge < -0.3 is 4.98 Å². The number of nitrogens with one attached hydrogen (secondary N) is 3. The van der Waals surface area contributed by atoms with E-state index in [2.05, 4.69) is 36.1 Å². The summed E-state index contributed by atoms with van der Waals surface area (Å²) in [5, 5.41) is 18.1. The van der Waals surface area contributed by atoms with Crippen LogP contribution in [-0.4, -0.2) is 37.7 Å². The molecule has 0 radical (unpaired) electrons. The Morgan fingerprint density at radius 2 is 2.29 bits per heavy atom. The molecule has 8 heteroatoms. The highest BCUT2D eigenvalue weighted by Crippen LogP contribution is 2.19. The van der Waals surface area contributed by atoms with E-state index in [0.717, 1.165) is 22.2 Å². The Morgan fingerprint density at radius 1 is 1.43 bits per heavy atom. The first-order valence-corrected chi connectivity index (χ1v) is 6.35. The lowest BCUT2D eigenvalue weighted by atomic mass is 10.1. The van der Waals surface area contributed by atoms with Gasteiger partial charge in [0.25, 0.3) is 0 Å². The van der Waals surface area contributed by atoms with E-state index in [1.807, 2.05) is 31.2 Å². The van der Waals surface area contributed by atoms with Crippen LogP contribution in [0.5, 0.6) is 0 Å². The predicted octanol–water partition coefficient (Wildman–Crippen LogP) is 0.682.